The van der Waals surface area contributed by atoms with Gasteiger partial charge in [-0.15, -0.1) is 0 Å². The monoisotopic (exact) mass is 671 g/mol. The molecular formula is C33H26ClN5O7S. The van der Waals surface area contributed by atoms with E-state index < -0.39 is 31.8 Å². The predicted octanol–water partition coefficient (Wildman–Crippen LogP) is 7.39. The van der Waals surface area contributed by atoms with E-state index in [4.69, 9.17) is 16.7 Å². The highest BCUT2D eigenvalue weighted by molar-refractivity contribution is 7.92. The van der Waals surface area contributed by atoms with Crippen molar-refractivity contribution >= 4 is 56.4 Å². The summed E-state index contributed by atoms with van der Waals surface area (Å²) in [4.78, 5) is 36.1. The van der Waals surface area contributed by atoms with Gasteiger partial charge in [0.15, 0.2) is 0 Å². The van der Waals surface area contributed by atoms with E-state index in [2.05, 4.69) is 4.72 Å². The standard InChI is InChI=1S/C33H26ClN5O7S/c34-25-13-15-26(16-14-25)36-47(45,46)29-11-3-8-24(20-29)33(40)37-32(23-7-2-10-28(19-23)39(43)44)30-12-4-6-22(31(30)35-37)17-21-5-1-9-27(18-21)38(41)42/h1-3,5,7-11,13-20,30,32,36H,4,6,12H2/b22-17+/t30-,32-/m1/s1. The van der Waals surface area contributed by atoms with E-state index >= 15 is 0 Å². The van der Waals surface area contributed by atoms with Crippen LogP contribution in [-0.2, 0) is 10.0 Å². The van der Waals surface area contributed by atoms with E-state index in [-0.39, 0.29) is 33.4 Å². The number of hydrogen-bond donors (Lipinski definition) is 1. The summed E-state index contributed by atoms with van der Waals surface area (Å²) in [6.45, 7) is 0. The molecule has 1 amide bonds. The van der Waals surface area contributed by atoms with E-state index in [1.54, 1.807) is 36.4 Å². The molecule has 6 rings (SSSR count). The Hall–Kier alpha value is -5.40. The van der Waals surface area contributed by atoms with Gasteiger partial charge in [-0.2, -0.15) is 5.10 Å². The molecule has 0 saturated heterocycles. The molecule has 1 aliphatic carbocycles. The zero-order valence-corrected chi connectivity index (χ0v) is 26.1. The van der Waals surface area contributed by atoms with Crippen LogP contribution >= 0.6 is 11.6 Å². The molecule has 0 radical (unpaired) electrons. The third-order valence-corrected chi connectivity index (χ3v) is 9.67. The molecule has 238 valence electrons. The summed E-state index contributed by atoms with van der Waals surface area (Å²) in [6, 6.07) is 23.2. The average molecular weight is 672 g/mol. The zero-order chi connectivity index (χ0) is 33.3. The van der Waals surface area contributed by atoms with E-state index in [0.717, 1.165) is 12.0 Å². The van der Waals surface area contributed by atoms with Gasteiger partial charge in [-0.1, -0.05) is 41.9 Å². The van der Waals surface area contributed by atoms with Crippen LogP contribution in [0.25, 0.3) is 6.08 Å². The number of nitro groups is 2. The first-order valence-corrected chi connectivity index (χ1v) is 16.4. The molecule has 14 heteroatoms. The van der Waals surface area contributed by atoms with Gasteiger partial charge in [0.05, 0.1) is 26.5 Å². The molecule has 4 aromatic rings. The molecule has 1 fully saturated rings. The Morgan fingerprint density at radius 2 is 1.60 bits per heavy atom. The number of nitro benzene ring substituents is 2. The number of nitrogens with zero attached hydrogens (tertiary/aromatic N) is 4. The van der Waals surface area contributed by atoms with Gasteiger partial charge in [0.1, 0.15) is 0 Å². The van der Waals surface area contributed by atoms with Gasteiger partial charge < -0.3 is 0 Å². The number of hydrazone groups is 1. The molecule has 1 N–H and O–H groups in total. The lowest BCUT2D eigenvalue weighted by atomic mass is 9.77. The Morgan fingerprint density at radius 3 is 2.32 bits per heavy atom. The van der Waals surface area contributed by atoms with Crippen LogP contribution in [0, 0.1) is 26.1 Å². The number of non-ortho nitro benzene ring substituents is 2. The lowest BCUT2D eigenvalue weighted by Gasteiger charge is -2.29. The second-order valence-electron chi connectivity index (χ2n) is 11.1. The number of rotatable bonds is 8. The second kappa shape index (κ2) is 12.8. The minimum atomic E-state index is -4.09. The summed E-state index contributed by atoms with van der Waals surface area (Å²) < 4.78 is 29.0. The molecule has 0 unspecified atom stereocenters. The summed E-state index contributed by atoms with van der Waals surface area (Å²) in [5.41, 5.74) is 2.61. The van der Waals surface area contributed by atoms with Crippen molar-refractivity contribution in [1.82, 2.24) is 5.01 Å². The number of benzene rings is 4. The maximum atomic E-state index is 14.2. The van der Waals surface area contributed by atoms with E-state index in [9.17, 15) is 33.4 Å². The van der Waals surface area contributed by atoms with Crippen LogP contribution in [0.5, 0.6) is 0 Å². The highest BCUT2D eigenvalue weighted by Gasteiger charge is 2.44. The van der Waals surface area contributed by atoms with Crippen LogP contribution in [0.2, 0.25) is 5.02 Å². The molecule has 2 atom stereocenters. The predicted molar refractivity (Wildman–Crippen MR) is 177 cm³/mol. The third kappa shape index (κ3) is 6.62. The first kappa shape index (κ1) is 31.6. The molecule has 0 bridgehead atoms. The number of nitrogens with one attached hydrogen (secondary N) is 1. The molecule has 0 aromatic heterocycles. The number of carbonyl (C=O) groups is 1. The quantitative estimate of drug-likeness (QED) is 0.151. The maximum absolute atomic E-state index is 14.2. The largest absolute Gasteiger partial charge is 0.280 e. The number of fused-ring (bicyclic) bond motifs is 1. The fraction of sp³-hybridized carbons (Fsp3) is 0.152. The minimum absolute atomic E-state index is 0.0478. The first-order chi connectivity index (χ1) is 22.5. The lowest BCUT2D eigenvalue weighted by molar-refractivity contribution is -0.385. The van der Waals surface area contributed by atoms with Crippen molar-refractivity contribution in [1.29, 1.82) is 0 Å². The minimum Gasteiger partial charge on any atom is -0.280 e. The number of anilines is 1. The fourth-order valence-corrected chi connectivity index (χ4v) is 7.14. The Kier molecular flexibility index (Phi) is 8.58. The van der Waals surface area contributed by atoms with Crippen molar-refractivity contribution < 1.29 is 23.1 Å². The van der Waals surface area contributed by atoms with Gasteiger partial charge in [0, 0.05) is 46.5 Å². The van der Waals surface area contributed by atoms with Gasteiger partial charge in [-0.05, 0) is 84.5 Å². The average Bonchev–Trinajstić information content (AvgIpc) is 3.46. The highest BCUT2D eigenvalue weighted by Crippen LogP contribution is 2.45. The first-order valence-electron chi connectivity index (χ1n) is 14.5. The number of allylic oxidation sites excluding steroid dienone is 1. The zero-order valence-electron chi connectivity index (χ0n) is 24.5. The molecule has 2 aliphatic rings. The third-order valence-electron chi connectivity index (χ3n) is 8.04. The van der Waals surface area contributed by atoms with E-state index in [0.29, 0.717) is 34.7 Å². The number of carbonyl (C=O) groups excluding carboxylic acids is 1. The number of halogens is 1. The summed E-state index contributed by atoms with van der Waals surface area (Å²) >= 11 is 5.92. The highest BCUT2D eigenvalue weighted by atomic mass is 35.5. The van der Waals surface area contributed by atoms with Crippen LogP contribution in [0.3, 0.4) is 0 Å². The smallest absolute Gasteiger partial charge is 0.274 e. The SMILES string of the molecule is O=C(c1cccc(S(=O)(=O)Nc2ccc(Cl)cc2)c1)N1N=C2/C(=C/c3cccc([N+](=O)[O-])c3)CCC[C@H]2[C@H]1c1cccc([N+](=O)[O-])c1. The molecule has 1 aliphatic heterocycles. The summed E-state index contributed by atoms with van der Waals surface area (Å²) in [7, 11) is -4.09. The Bertz CT molecular complexity index is 2080. The van der Waals surface area contributed by atoms with Crippen molar-refractivity contribution in [2.24, 2.45) is 11.0 Å². The van der Waals surface area contributed by atoms with Crippen LogP contribution in [0.4, 0.5) is 17.1 Å². The normalized spacial score (nSPS) is 18.4. The molecule has 47 heavy (non-hydrogen) atoms. The van der Waals surface area contributed by atoms with E-state index in [1.807, 2.05) is 6.08 Å². The van der Waals surface area contributed by atoms with E-state index in [1.165, 1.54) is 65.7 Å². The Balaban J connectivity index is 1.40. The summed E-state index contributed by atoms with van der Waals surface area (Å²) in [5.74, 6) is -0.931. The Labute approximate surface area is 274 Å². The van der Waals surface area contributed by atoms with Crippen LogP contribution < -0.4 is 4.72 Å². The van der Waals surface area contributed by atoms with Gasteiger partial charge in [-0.25, -0.2) is 13.4 Å². The van der Waals surface area contributed by atoms with Crippen molar-refractivity contribution in [2.45, 2.75) is 30.2 Å². The number of sulfonamides is 1. The molecule has 4 aromatic carbocycles. The van der Waals surface area contributed by atoms with Crippen molar-refractivity contribution in [3.63, 3.8) is 0 Å². The summed E-state index contributed by atoms with van der Waals surface area (Å²) in [5, 5.41) is 29.5. The molecule has 1 saturated carbocycles. The maximum Gasteiger partial charge on any atom is 0.274 e. The van der Waals surface area contributed by atoms with Crippen molar-refractivity contribution in [3.8, 4) is 0 Å². The summed E-state index contributed by atoms with van der Waals surface area (Å²) in [6.07, 6.45) is 3.77. The topological polar surface area (TPSA) is 165 Å². The lowest BCUT2D eigenvalue weighted by Crippen LogP contribution is -2.32. The van der Waals surface area contributed by atoms with Crippen molar-refractivity contribution in [2.75, 3.05) is 4.72 Å². The molecule has 1 heterocycles. The number of amides is 1. The molecule has 0 spiro atoms. The number of hydrogen-bond acceptors (Lipinski definition) is 8. The van der Waals surface area contributed by atoms with Gasteiger partial charge in [0.25, 0.3) is 27.3 Å². The second-order valence-corrected chi connectivity index (χ2v) is 13.2. The van der Waals surface area contributed by atoms with Gasteiger partial charge >= 0.3 is 0 Å². The van der Waals surface area contributed by atoms with Crippen LogP contribution in [0.15, 0.2) is 113 Å². The molecule has 12 nitrogen and oxygen atoms in total. The van der Waals surface area contributed by atoms with Crippen LogP contribution in [0.1, 0.15) is 46.8 Å². The van der Waals surface area contributed by atoms with Crippen LogP contribution in [-0.4, -0.2) is 34.9 Å². The van der Waals surface area contributed by atoms with Crippen molar-refractivity contribution in [3.05, 3.63) is 145 Å². The van der Waals surface area contributed by atoms with Gasteiger partial charge in [-0.3, -0.25) is 29.7 Å². The molecular weight excluding hydrogens is 646 g/mol. The van der Waals surface area contributed by atoms with Gasteiger partial charge in [0.2, 0.25) is 0 Å². The fourth-order valence-electron chi connectivity index (χ4n) is 5.91. The Morgan fingerprint density at radius 1 is 0.915 bits per heavy atom.